The third-order valence-corrected chi connectivity index (χ3v) is 5.37. The van der Waals surface area contributed by atoms with Crippen molar-refractivity contribution < 1.29 is 4.39 Å². The normalized spacial score (nSPS) is 23.9. The average molecular weight is 296 g/mol. The number of aromatic nitrogens is 2. The van der Waals surface area contributed by atoms with Crippen molar-refractivity contribution in [3.8, 4) is 0 Å². The van der Waals surface area contributed by atoms with Crippen LogP contribution in [0.2, 0.25) is 0 Å². The van der Waals surface area contributed by atoms with Gasteiger partial charge in [0, 0.05) is 11.3 Å². The summed E-state index contributed by atoms with van der Waals surface area (Å²) >= 11 is 7.36. The molecule has 5 heteroatoms. The molecule has 0 aliphatic heterocycles. The second-order valence-corrected chi connectivity index (χ2v) is 6.66. The van der Waals surface area contributed by atoms with E-state index in [0.717, 1.165) is 23.9 Å². The first-order valence-electron chi connectivity index (χ1n) is 6.61. The molecule has 0 saturated heterocycles. The highest BCUT2D eigenvalue weighted by atomic mass is 32.2. The topological polar surface area (TPSA) is 20.7 Å². The molecule has 1 N–H and O–H groups in total. The average Bonchev–Trinajstić information content (AvgIpc) is 2.74. The Hall–Kier alpha value is -0.810. The van der Waals surface area contributed by atoms with E-state index >= 15 is 0 Å². The van der Waals surface area contributed by atoms with Gasteiger partial charge < -0.3 is 9.55 Å². The molecule has 1 saturated carbocycles. The van der Waals surface area contributed by atoms with Crippen LogP contribution in [0.3, 0.4) is 0 Å². The first-order chi connectivity index (χ1) is 9.19. The van der Waals surface area contributed by atoms with Crippen LogP contribution in [0.5, 0.6) is 0 Å². The van der Waals surface area contributed by atoms with Crippen molar-refractivity contribution in [2.24, 2.45) is 0 Å². The Bertz CT molecular complexity index is 646. The molecule has 1 heterocycles. The van der Waals surface area contributed by atoms with Crippen molar-refractivity contribution in [3.63, 3.8) is 0 Å². The van der Waals surface area contributed by atoms with Crippen molar-refractivity contribution in [3.05, 3.63) is 28.8 Å². The number of fused-ring (bicyclic) bond motifs is 1. The van der Waals surface area contributed by atoms with Crippen LogP contribution in [0, 0.1) is 10.6 Å². The zero-order valence-corrected chi connectivity index (χ0v) is 12.5. The lowest BCUT2D eigenvalue weighted by molar-refractivity contribution is 0.365. The van der Waals surface area contributed by atoms with E-state index in [1.165, 1.54) is 18.9 Å². The smallest absolute Gasteiger partial charge is 0.178 e. The molecule has 102 valence electrons. The van der Waals surface area contributed by atoms with Gasteiger partial charge in [0.05, 0.1) is 11.0 Å². The number of imidazole rings is 1. The van der Waals surface area contributed by atoms with Crippen LogP contribution in [0.15, 0.2) is 18.2 Å². The van der Waals surface area contributed by atoms with E-state index in [9.17, 15) is 4.39 Å². The maximum absolute atomic E-state index is 13.5. The molecule has 1 aliphatic rings. The second-order valence-electron chi connectivity index (χ2n) is 5.14. The number of halogens is 1. The summed E-state index contributed by atoms with van der Waals surface area (Å²) in [6.07, 6.45) is 6.93. The molecule has 1 aromatic heterocycles. The minimum absolute atomic E-state index is 0.201. The first-order valence-corrected chi connectivity index (χ1v) is 8.31. The van der Waals surface area contributed by atoms with Crippen LogP contribution >= 0.6 is 24.0 Å². The summed E-state index contributed by atoms with van der Waals surface area (Å²) in [5.74, 6) is -0.201. The van der Waals surface area contributed by atoms with Gasteiger partial charge in [-0.25, -0.2) is 4.39 Å². The van der Waals surface area contributed by atoms with Crippen molar-refractivity contribution in [1.29, 1.82) is 0 Å². The van der Waals surface area contributed by atoms with E-state index in [-0.39, 0.29) is 5.82 Å². The van der Waals surface area contributed by atoms with Gasteiger partial charge in [-0.05, 0) is 55.9 Å². The summed E-state index contributed by atoms with van der Waals surface area (Å²) in [5.41, 5.74) is 1.83. The van der Waals surface area contributed by atoms with Crippen LogP contribution in [0.25, 0.3) is 11.0 Å². The fourth-order valence-corrected chi connectivity index (χ4v) is 4.20. The lowest BCUT2D eigenvalue weighted by Crippen LogP contribution is -2.20. The highest BCUT2D eigenvalue weighted by molar-refractivity contribution is 7.99. The molecule has 0 bridgehead atoms. The summed E-state index contributed by atoms with van der Waals surface area (Å²) in [4.78, 5) is 3.19. The third-order valence-electron chi connectivity index (χ3n) is 3.98. The molecule has 3 rings (SSSR count). The Morgan fingerprint density at radius 1 is 1.42 bits per heavy atom. The highest BCUT2D eigenvalue weighted by Gasteiger charge is 2.24. The van der Waals surface area contributed by atoms with E-state index < -0.39 is 0 Å². The van der Waals surface area contributed by atoms with Crippen LogP contribution in [0.1, 0.15) is 31.7 Å². The van der Waals surface area contributed by atoms with Crippen molar-refractivity contribution in [2.45, 2.75) is 37.0 Å². The van der Waals surface area contributed by atoms with Gasteiger partial charge in [0.1, 0.15) is 5.82 Å². The van der Waals surface area contributed by atoms with Crippen LogP contribution in [0.4, 0.5) is 4.39 Å². The van der Waals surface area contributed by atoms with Crippen LogP contribution in [-0.2, 0) is 0 Å². The van der Waals surface area contributed by atoms with E-state index in [1.807, 2.05) is 11.8 Å². The summed E-state index contributed by atoms with van der Waals surface area (Å²) in [6.45, 7) is 0. The van der Waals surface area contributed by atoms with E-state index in [0.29, 0.717) is 16.1 Å². The quantitative estimate of drug-likeness (QED) is 0.812. The van der Waals surface area contributed by atoms with Gasteiger partial charge >= 0.3 is 0 Å². The molecule has 1 aromatic carbocycles. The molecule has 0 amide bonds. The standard InChI is InChI=1S/C14H17FN2S2/c1-19-11-4-2-3-10(8-11)17-13-7-9(15)5-6-12(13)16-14(17)18/h5-7,10-11H,2-4,8H2,1H3,(H,16,18). The van der Waals surface area contributed by atoms with Gasteiger partial charge in [-0.15, -0.1) is 0 Å². The number of hydrogen-bond acceptors (Lipinski definition) is 2. The predicted molar refractivity (Wildman–Crippen MR) is 81.9 cm³/mol. The second kappa shape index (κ2) is 5.29. The number of nitrogens with zero attached hydrogens (tertiary/aromatic N) is 1. The molecule has 1 fully saturated rings. The Kier molecular flexibility index (Phi) is 3.67. The zero-order chi connectivity index (χ0) is 13.4. The molecule has 2 aromatic rings. The SMILES string of the molecule is CSC1CCCC(n2c(=S)[nH]c3ccc(F)cc32)C1. The fraction of sp³-hybridized carbons (Fsp3) is 0.500. The van der Waals surface area contributed by atoms with Gasteiger partial charge in [0.2, 0.25) is 0 Å². The maximum Gasteiger partial charge on any atom is 0.178 e. The lowest BCUT2D eigenvalue weighted by atomic mass is 9.94. The van der Waals surface area contributed by atoms with E-state index in [1.54, 1.807) is 12.1 Å². The number of nitrogens with one attached hydrogen (secondary N) is 1. The molecule has 0 spiro atoms. The number of aromatic amines is 1. The number of benzene rings is 1. The molecular weight excluding hydrogens is 279 g/mol. The Morgan fingerprint density at radius 3 is 3.05 bits per heavy atom. The maximum atomic E-state index is 13.5. The van der Waals surface area contributed by atoms with Crippen LogP contribution < -0.4 is 0 Å². The molecule has 0 radical (unpaired) electrons. The lowest BCUT2D eigenvalue weighted by Gasteiger charge is -2.29. The van der Waals surface area contributed by atoms with Crippen molar-refractivity contribution >= 4 is 35.0 Å². The minimum atomic E-state index is -0.201. The third kappa shape index (κ3) is 2.46. The summed E-state index contributed by atoms with van der Waals surface area (Å²) < 4.78 is 16.3. The van der Waals surface area contributed by atoms with Gasteiger partial charge in [-0.2, -0.15) is 11.8 Å². The Balaban J connectivity index is 2.06. The largest absolute Gasteiger partial charge is 0.331 e. The number of rotatable bonds is 2. The molecule has 19 heavy (non-hydrogen) atoms. The number of thioether (sulfide) groups is 1. The first kappa shape index (κ1) is 13.2. The van der Waals surface area contributed by atoms with Gasteiger partial charge in [0.15, 0.2) is 4.77 Å². The monoisotopic (exact) mass is 296 g/mol. The van der Waals surface area contributed by atoms with Gasteiger partial charge in [-0.1, -0.05) is 6.42 Å². The zero-order valence-electron chi connectivity index (χ0n) is 10.9. The van der Waals surface area contributed by atoms with E-state index in [2.05, 4.69) is 15.8 Å². The summed E-state index contributed by atoms with van der Waals surface area (Å²) in [5, 5.41) is 0.694. The molecule has 2 nitrogen and oxygen atoms in total. The van der Waals surface area contributed by atoms with Crippen molar-refractivity contribution in [2.75, 3.05) is 6.26 Å². The Labute approximate surface area is 121 Å². The Morgan fingerprint density at radius 2 is 2.26 bits per heavy atom. The minimum Gasteiger partial charge on any atom is -0.331 e. The number of hydrogen-bond donors (Lipinski definition) is 1. The summed E-state index contributed by atoms with van der Waals surface area (Å²) in [7, 11) is 0. The predicted octanol–water partition coefficient (Wildman–Crippen LogP) is 4.68. The number of H-pyrrole nitrogens is 1. The molecular formula is C14H17FN2S2. The van der Waals surface area contributed by atoms with E-state index in [4.69, 9.17) is 12.2 Å². The molecule has 2 unspecified atom stereocenters. The van der Waals surface area contributed by atoms with Gasteiger partial charge in [-0.3, -0.25) is 0 Å². The highest BCUT2D eigenvalue weighted by Crippen LogP contribution is 2.36. The summed E-state index contributed by atoms with van der Waals surface area (Å²) in [6, 6.07) is 5.23. The fourth-order valence-electron chi connectivity index (χ4n) is 3.03. The molecule has 2 atom stereocenters. The van der Waals surface area contributed by atoms with Gasteiger partial charge in [0.25, 0.3) is 0 Å². The molecule has 1 aliphatic carbocycles. The van der Waals surface area contributed by atoms with Crippen LogP contribution in [-0.4, -0.2) is 21.1 Å². The van der Waals surface area contributed by atoms with Crippen molar-refractivity contribution in [1.82, 2.24) is 9.55 Å².